The summed E-state index contributed by atoms with van der Waals surface area (Å²) >= 11 is 0. The average molecular weight is 246 g/mol. The highest BCUT2D eigenvalue weighted by molar-refractivity contribution is 5.70. The van der Waals surface area contributed by atoms with Crippen LogP contribution in [0, 0.1) is 5.82 Å². The molecule has 18 heavy (non-hydrogen) atoms. The SMILES string of the molecule is CC.CCc1ccc(-c2ccccc2)c(O)c1F. The second kappa shape index (κ2) is 6.80. The van der Waals surface area contributed by atoms with Gasteiger partial charge in [-0.25, -0.2) is 4.39 Å². The molecule has 2 aromatic rings. The van der Waals surface area contributed by atoms with Crippen molar-refractivity contribution < 1.29 is 9.50 Å². The van der Waals surface area contributed by atoms with Gasteiger partial charge < -0.3 is 5.11 Å². The minimum Gasteiger partial charge on any atom is -0.504 e. The summed E-state index contributed by atoms with van der Waals surface area (Å²) in [6, 6.07) is 12.8. The zero-order valence-corrected chi connectivity index (χ0v) is 11.1. The summed E-state index contributed by atoms with van der Waals surface area (Å²) in [5.41, 5.74) is 1.90. The molecular weight excluding hydrogens is 227 g/mol. The number of rotatable bonds is 2. The highest BCUT2D eigenvalue weighted by Gasteiger charge is 2.12. The number of phenolic OH excluding ortho intramolecular Hbond substituents is 1. The largest absolute Gasteiger partial charge is 0.504 e. The van der Waals surface area contributed by atoms with Crippen molar-refractivity contribution in [1.82, 2.24) is 0 Å². The first-order valence-electron chi connectivity index (χ1n) is 6.29. The molecule has 0 aliphatic rings. The summed E-state index contributed by atoms with van der Waals surface area (Å²) in [6.45, 7) is 5.86. The Morgan fingerprint density at radius 3 is 2.17 bits per heavy atom. The van der Waals surface area contributed by atoms with E-state index < -0.39 is 5.82 Å². The van der Waals surface area contributed by atoms with E-state index >= 15 is 0 Å². The molecule has 96 valence electrons. The molecule has 0 aromatic heterocycles. The summed E-state index contributed by atoms with van der Waals surface area (Å²) in [5.74, 6) is -0.769. The van der Waals surface area contributed by atoms with Crippen molar-refractivity contribution in [3.63, 3.8) is 0 Å². The smallest absolute Gasteiger partial charge is 0.168 e. The monoisotopic (exact) mass is 246 g/mol. The Morgan fingerprint density at radius 1 is 1.00 bits per heavy atom. The van der Waals surface area contributed by atoms with Gasteiger partial charge in [0.1, 0.15) is 0 Å². The number of phenols is 1. The molecule has 0 radical (unpaired) electrons. The maximum atomic E-state index is 13.7. The molecule has 2 rings (SSSR count). The van der Waals surface area contributed by atoms with Gasteiger partial charge in [-0.2, -0.15) is 0 Å². The molecule has 0 heterocycles. The fraction of sp³-hybridized carbons (Fsp3) is 0.250. The van der Waals surface area contributed by atoms with E-state index in [4.69, 9.17) is 0 Å². The topological polar surface area (TPSA) is 20.2 Å². The van der Waals surface area contributed by atoms with Crippen LogP contribution in [0.4, 0.5) is 4.39 Å². The van der Waals surface area contributed by atoms with Crippen molar-refractivity contribution in [2.24, 2.45) is 0 Å². The number of aryl methyl sites for hydroxylation is 1. The third-order valence-corrected chi connectivity index (χ3v) is 2.66. The van der Waals surface area contributed by atoms with Crippen molar-refractivity contribution in [2.75, 3.05) is 0 Å². The first-order chi connectivity index (χ1) is 8.74. The van der Waals surface area contributed by atoms with E-state index in [0.29, 0.717) is 17.5 Å². The van der Waals surface area contributed by atoms with Crippen molar-refractivity contribution in [3.05, 3.63) is 53.8 Å². The molecule has 0 atom stereocenters. The summed E-state index contributed by atoms with van der Waals surface area (Å²) in [6.07, 6.45) is 0.578. The standard InChI is InChI=1S/C14H13FO.C2H6/c1-2-10-8-9-12(14(16)13(10)15)11-6-4-3-5-7-11;1-2/h3-9,16H,2H2,1H3;1-2H3. The predicted molar refractivity (Wildman–Crippen MR) is 74.2 cm³/mol. The Morgan fingerprint density at radius 2 is 1.61 bits per heavy atom. The van der Waals surface area contributed by atoms with Gasteiger partial charge in [0.2, 0.25) is 0 Å². The van der Waals surface area contributed by atoms with E-state index in [-0.39, 0.29) is 5.75 Å². The molecule has 0 unspecified atom stereocenters. The second-order valence-corrected chi connectivity index (χ2v) is 3.65. The molecule has 0 saturated carbocycles. The van der Waals surface area contributed by atoms with Gasteiger partial charge in [0.05, 0.1) is 0 Å². The van der Waals surface area contributed by atoms with Crippen LogP contribution in [0.5, 0.6) is 5.75 Å². The first-order valence-corrected chi connectivity index (χ1v) is 6.29. The van der Waals surface area contributed by atoms with Crippen LogP contribution in [0.25, 0.3) is 11.1 Å². The first kappa shape index (κ1) is 14.2. The van der Waals surface area contributed by atoms with Crippen molar-refractivity contribution in [1.29, 1.82) is 0 Å². The summed E-state index contributed by atoms with van der Waals surface area (Å²) < 4.78 is 13.7. The quantitative estimate of drug-likeness (QED) is 0.808. The minimum absolute atomic E-state index is 0.259. The van der Waals surface area contributed by atoms with E-state index in [1.807, 2.05) is 51.1 Å². The molecule has 0 saturated heterocycles. The van der Waals surface area contributed by atoms with Crippen molar-refractivity contribution in [2.45, 2.75) is 27.2 Å². The van der Waals surface area contributed by atoms with Gasteiger partial charge in [-0.05, 0) is 17.5 Å². The Bertz CT molecular complexity index is 492. The zero-order valence-electron chi connectivity index (χ0n) is 11.1. The number of hydrogen-bond donors (Lipinski definition) is 1. The van der Waals surface area contributed by atoms with Crippen LogP contribution in [0.1, 0.15) is 26.3 Å². The van der Waals surface area contributed by atoms with Gasteiger partial charge in [-0.15, -0.1) is 0 Å². The van der Waals surface area contributed by atoms with Gasteiger partial charge in [0, 0.05) is 5.56 Å². The van der Waals surface area contributed by atoms with E-state index in [1.54, 1.807) is 12.1 Å². The maximum Gasteiger partial charge on any atom is 0.168 e. The molecule has 1 nitrogen and oxygen atoms in total. The van der Waals surface area contributed by atoms with Gasteiger partial charge >= 0.3 is 0 Å². The van der Waals surface area contributed by atoms with Gasteiger partial charge in [0.15, 0.2) is 11.6 Å². The zero-order chi connectivity index (χ0) is 13.5. The minimum atomic E-state index is -0.510. The predicted octanol–water partition coefficient (Wildman–Crippen LogP) is 4.79. The van der Waals surface area contributed by atoms with E-state index in [9.17, 15) is 9.50 Å². The lowest BCUT2D eigenvalue weighted by molar-refractivity contribution is 0.431. The Hall–Kier alpha value is -1.83. The number of halogens is 1. The summed E-state index contributed by atoms with van der Waals surface area (Å²) in [7, 11) is 0. The highest BCUT2D eigenvalue weighted by atomic mass is 19.1. The van der Waals surface area contributed by atoms with Crippen LogP contribution < -0.4 is 0 Å². The lowest BCUT2D eigenvalue weighted by Gasteiger charge is -2.08. The maximum absolute atomic E-state index is 13.7. The van der Waals surface area contributed by atoms with Crippen LogP contribution >= 0.6 is 0 Å². The van der Waals surface area contributed by atoms with Crippen molar-refractivity contribution >= 4 is 0 Å². The lowest BCUT2D eigenvalue weighted by atomic mass is 10.0. The molecule has 0 aliphatic heterocycles. The average Bonchev–Trinajstić information content (AvgIpc) is 2.45. The second-order valence-electron chi connectivity index (χ2n) is 3.65. The Labute approximate surface area is 108 Å². The normalized spacial score (nSPS) is 9.56. The third-order valence-electron chi connectivity index (χ3n) is 2.66. The molecule has 2 aromatic carbocycles. The fourth-order valence-electron chi connectivity index (χ4n) is 1.73. The molecule has 0 spiro atoms. The molecule has 0 amide bonds. The van der Waals surface area contributed by atoms with Crippen molar-refractivity contribution in [3.8, 4) is 16.9 Å². The van der Waals surface area contributed by atoms with Crippen LogP contribution in [-0.2, 0) is 6.42 Å². The number of hydrogen-bond acceptors (Lipinski definition) is 1. The lowest BCUT2D eigenvalue weighted by Crippen LogP contribution is -1.90. The van der Waals surface area contributed by atoms with Gasteiger partial charge in [0.25, 0.3) is 0 Å². The Balaban J connectivity index is 0.000000771. The highest BCUT2D eigenvalue weighted by Crippen LogP contribution is 2.32. The van der Waals surface area contributed by atoms with Crippen LogP contribution in [0.3, 0.4) is 0 Å². The number of aromatic hydroxyl groups is 1. The summed E-state index contributed by atoms with van der Waals surface area (Å²) in [4.78, 5) is 0. The molecule has 0 bridgehead atoms. The van der Waals surface area contributed by atoms with E-state index in [0.717, 1.165) is 5.56 Å². The van der Waals surface area contributed by atoms with Crippen LogP contribution in [-0.4, -0.2) is 5.11 Å². The van der Waals surface area contributed by atoms with Gasteiger partial charge in [-0.3, -0.25) is 0 Å². The molecular formula is C16H19FO. The van der Waals surface area contributed by atoms with Gasteiger partial charge in [-0.1, -0.05) is 63.2 Å². The van der Waals surface area contributed by atoms with Crippen LogP contribution in [0.15, 0.2) is 42.5 Å². The molecule has 0 aliphatic carbocycles. The van der Waals surface area contributed by atoms with E-state index in [1.165, 1.54) is 0 Å². The molecule has 1 N–H and O–H groups in total. The summed E-state index contributed by atoms with van der Waals surface area (Å²) in [5, 5.41) is 9.79. The number of benzene rings is 2. The fourth-order valence-corrected chi connectivity index (χ4v) is 1.73. The van der Waals surface area contributed by atoms with Crippen LogP contribution in [0.2, 0.25) is 0 Å². The van der Waals surface area contributed by atoms with E-state index in [2.05, 4.69) is 0 Å². The third kappa shape index (κ3) is 2.89. The molecule has 2 heteroatoms. The Kier molecular flexibility index (Phi) is 5.37. The molecule has 0 fully saturated rings.